The van der Waals surface area contributed by atoms with Crippen LogP contribution in [0.25, 0.3) is 0 Å². The van der Waals surface area contributed by atoms with E-state index in [4.69, 9.17) is 0 Å². The molecule has 7 heavy (non-hydrogen) atoms. The third-order valence-corrected chi connectivity index (χ3v) is 0. The van der Waals surface area contributed by atoms with Crippen molar-refractivity contribution >= 4 is 28.8 Å². The molecule has 0 amide bonds. The molecule has 0 spiro atoms. The molecule has 7 heteroatoms. The monoisotopic (exact) mass is 355 g/mol. The van der Waals surface area contributed by atoms with E-state index in [1.807, 2.05) is 0 Å². The molecule has 0 saturated carbocycles. The Hall–Kier alpha value is 1.31. The Morgan fingerprint density at radius 3 is 0.857 bits per heavy atom. The van der Waals surface area contributed by atoms with Crippen LogP contribution in [0.2, 0.25) is 0 Å². The fraction of sp³-hybridized carbons (Fsp3) is 0. The average Bonchev–Trinajstić information content (AvgIpc) is 0.592. The Morgan fingerprint density at radius 1 is 0.857 bits per heavy atom. The fourth-order valence-corrected chi connectivity index (χ4v) is 0. The predicted octanol–water partition coefficient (Wildman–Crippen LogP) is 3.33. The number of rotatable bonds is 0. The summed E-state index contributed by atoms with van der Waals surface area (Å²) in [5.41, 5.74) is 0. The Kier molecular flexibility index (Phi) is 1.30. The second-order valence-corrected chi connectivity index (χ2v) is 22.2. The van der Waals surface area contributed by atoms with Crippen LogP contribution in [-0.2, 0) is 11.4 Å². The number of halogens is 6. The van der Waals surface area contributed by atoms with Crippen LogP contribution < -0.4 is 0 Å². The molecule has 0 aliphatic rings. The van der Waals surface area contributed by atoms with Crippen LogP contribution in [0, 0.1) is 0 Å². The van der Waals surface area contributed by atoms with E-state index in [2.05, 4.69) is 28.8 Å². The van der Waals surface area contributed by atoms with Crippen molar-refractivity contribution in [3.8, 4) is 0 Å². The summed E-state index contributed by atoms with van der Waals surface area (Å²) in [5, 5.41) is 0. The van der Waals surface area contributed by atoms with Crippen LogP contribution in [-0.4, -0.2) is 0 Å². The van der Waals surface area contributed by atoms with Crippen molar-refractivity contribution < 1.29 is 21.1 Å². The van der Waals surface area contributed by atoms with Crippen LogP contribution in [0.4, 0.5) is 9.76 Å². The first-order valence-corrected chi connectivity index (χ1v) is 12.4. The molecule has 0 radical (unpaired) electrons. The third-order valence-electron chi connectivity index (χ3n) is 0. The standard InChI is InChI=1S/3ClH.3FH.Ir/h6*1H;/q;;;;;;+6/p-6. The van der Waals surface area contributed by atoms with Crippen molar-refractivity contribution in [2.24, 2.45) is 0 Å². The molecular formula is Cl3F3Ir. The maximum atomic E-state index is 11.2. The van der Waals surface area contributed by atoms with Crippen molar-refractivity contribution in [3.63, 3.8) is 0 Å². The molecule has 0 aromatic heterocycles. The Morgan fingerprint density at radius 2 is 0.857 bits per heavy atom. The van der Waals surface area contributed by atoms with Crippen molar-refractivity contribution in [2.45, 2.75) is 0 Å². The molecule has 0 aromatic rings. The van der Waals surface area contributed by atoms with Crippen LogP contribution in [0.15, 0.2) is 0 Å². The van der Waals surface area contributed by atoms with Gasteiger partial charge >= 0.3 is 49.9 Å². The molecule has 0 fully saturated rings. The van der Waals surface area contributed by atoms with Gasteiger partial charge in [0.05, 0.1) is 0 Å². The van der Waals surface area contributed by atoms with Crippen LogP contribution in [0.5, 0.6) is 0 Å². The third kappa shape index (κ3) is 120. The van der Waals surface area contributed by atoms with Gasteiger partial charge in [-0.25, -0.2) is 0 Å². The van der Waals surface area contributed by atoms with Crippen LogP contribution in [0.3, 0.4) is 0 Å². The van der Waals surface area contributed by atoms with Crippen molar-refractivity contribution in [2.75, 3.05) is 0 Å². The van der Waals surface area contributed by atoms with Gasteiger partial charge in [-0.3, -0.25) is 0 Å². The average molecular weight is 356 g/mol. The zero-order valence-corrected chi connectivity index (χ0v) is 7.26. The molecule has 51 valence electrons. The van der Waals surface area contributed by atoms with Crippen molar-refractivity contribution in [1.29, 1.82) is 0 Å². The van der Waals surface area contributed by atoms with Gasteiger partial charge in [0.1, 0.15) is 0 Å². The summed E-state index contributed by atoms with van der Waals surface area (Å²) < 4.78 is 33.6. The molecule has 0 aromatic carbocycles. The Labute approximate surface area is 49.9 Å². The van der Waals surface area contributed by atoms with E-state index in [0.717, 1.165) is 0 Å². The van der Waals surface area contributed by atoms with Gasteiger partial charge in [0.15, 0.2) is 0 Å². The normalized spacial score (nSPS) is 23.1. The van der Waals surface area contributed by atoms with E-state index in [-0.39, 0.29) is 0 Å². The van der Waals surface area contributed by atoms with Crippen LogP contribution >= 0.6 is 28.8 Å². The van der Waals surface area contributed by atoms with Crippen LogP contribution in [0.1, 0.15) is 0 Å². The second kappa shape index (κ2) is 1.09. The fourth-order valence-electron chi connectivity index (χ4n) is 0. The minimum absolute atomic E-state index is 3.76. The van der Waals surface area contributed by atoms with Gasteiger partial charge in [0.25, 0.3) is 0 Å². The molecule has 0 rings (SSSR count). The van der Waals surface area contributed by atoms with Gasteiger partial charge in [-0.2, -0.15) is 0 Å². The van der Waals surface area contributed by atoms with Gasteiger partial charge in [-0.1, -0.05) is 0 Å². The molecule has 0 aliphatic heterocycles. The van der Waals surface area contributed by atoms with Crippen molar-refractivity contribution in [1.82, 2.24) is 0 Å². The summed E-state index contributed by atoms with van der Waals surface area (Å²) in [6.07, 6.45) is 0. The van der Waals surface area contributed by atoms with Gasteiger partial charge in [-0.15, -0.1) is 0 Å². The first-order valence-electron chi connectivity index (χ1n) is 0.756. The number of hydrogen-bond donors (Lipinski definition) is 0. The van der Waals surface area contributed by atoms with Gasteiger partial charge in [-0.05, 0) is 0 Å². The molecule has 0 atom stereocenters. The minimum atomic E-state index is -8.25. The molecule has 0 bridgehead atoms. The number of hydrogen-bond acceptors (Lipinski definition) is 0. The Bertz CT molecular complexity index is 68.7. The zero-order chi connectivity index (χ0) is 6.41. The molecule has 0 unspecified atom stereocenters. The van der Waals surface area contributed by atoms with Gasteiger partial charge < -0.3 is 0 Å². The summed E-state index contributed by atoms with van der Waals surface area (Å²) in [6.45, 7) is 0. The molecule has 0 N–H and O–H groups in total. The van der Waals surface area contributed by atoms with Gasteiger partial charge in [0.2, 0.25) is 0 Å². The Balaban J connectivity index is 4.43. The van der Waals surface area contributed by atoms with Crippen molar-refractivity contribution in [3.05, 3.63) is 0 Å². The quantitative estimate of drug-likeness (QED) is 0.625. The zero-order valence-electron chi connectivity index (χ0n) is 2.60. The molecular weight excluding hydrogens is 356 g/mol. The second-order valence-electron chi connectivity index (χ2n) is 0.714. The first-order chi connectivity index (χ1) is 2.45. The SMILES string of the molecule is [F][Ir]([F])([F])([Cl])([Cl])[Cl]. The summed E-state index contributed by atoms with van der Waals surface area (Å²) in [5.74, 6) is 0. The topological polar surface area (TPSA) is 0 Å². The molecule has 0 saturated heterocycles. The van der Waals surface area contributed by atoms with E-state index in [1.165, 1.54) is 0 Å². The predicted molar refractivity (Wildman–Crippen MR) is 20.9 cm³/mol. The van der Waals surface area contributed by atoms with E-state index < -0.39 is 11.4 Å². The van der Waals surface area contributed by atoms with E-state index in [1.54, 1.807) is 0 Å². The molecule has 0 nitrogen and oxygen atoms in total. The molecule has 0 heterocycles. The van der Waals surface area contributed by atoms with E-state index >= 15 is 0 Å². The summed E-state index contributed by atoms with van der Waals surface area (Å²) in [4.78, 5) is 0. The summed E-state index contributed by atoms with van der Waals surface area (Å²) in [6, 6.07) is 0. The van der Waals surface area contributed by atoms with E-state index in [0.29, 0.717) is 0 Å². The summed E-state index contributed by atoms with van der Waals surface area (Å²) in [7, 11) is 11.3. The van der Waals surface area contributed by atoms with Gasteiger partial charge in [0, 0.05) is 0 Å². The molecule has 0 aliphatic carbocycles. The maximum absolute atomic E-state index is 11.2. The van der Waals surface area contributed by atoms with E-state index in [9.17, 15) is 9.76 Å². The first kappa shape index (κ1) is 8.31. The summed E-state index contributed by atoms with van der Waals surface area (Å²) >= 11 is -8.25.